The van der Waals surface area contributed by atoms with Crippen molar-refractivity contribution in [2.45, 2.75) is 56.8 Å². The summed E-state index contributed by atoms with van der Waals surface area (Å²) in [5.41, 5.74) is 5.86. The summed E-state index contributed by atoms with van der Waals surface area (Å²) in [5.74, 6) is -0.0392. The summed E-state index contributed by atoms with van der Waals surface area (Å²) in [7, 11) is 0. The van der Waals surface area contributed by atoms with Crippen LogP contribution in [-0.2, 0) is 4.79 Å². The number of likely N-dealkylation sites (tertiary alicyclic amines) is 2. The van der Waals surface area contributed by atoms with Crippen molar-refractivity contribution in [3.63, 3.8) is 0 Å². The quantitative estimate of drug-likeness (QED) is 0.505. The molecule has 40 heavy (non-hydrogen) atoms. The highest BCUT2D eigenvalue weighted by atomic mass is 19.4. The van der Waals surface area contributed by atoms with E-state index in [1.54, 1.807) is 12.1 Å². The topological polar surface area (TPSA) is 96.1 Å². The maximum absolute atomic E-state index is 13.5. The van der Waals surface area contributed by atoms with E-state index in [-0.39, 0.29) is 44.2 Å². The van der Waals surface area contributed by atoms with Gasteiger partial charge in [-0.3, -0.25) is 9.59 Å². The Morgan fingerprint density at radius 3 is 2.33 bits per heavy atom. The number of nitrogens with zero attached hydrogens (tertiary/aromatic N) is 2. The normalized spacial score (nSPS) is 23.6. The number of primary amides is 1. The molecular weight excluding hydrogens is 523 g/mol. The molecule has 2 saturated heterocycles. The Morgan fingerprint density at radius 2 is 1.73 bits per heavy atom. The number of piperidine rings is 1. The number of nitrogens with two attached hydrogens (primary N) is 1. The number of rotatable bonds is 8. The number of hydrogen-bond acceptors (Lipinski definition) is 5. The second kappa shape index (κ2) is 11.4. The highest BCUT2D eigenvalue weighted by molar-refractivity contribution is 6.03. The van der Waals surface area contributed by atoms with E-state index in [1.807, 2.05) is 41.3 Å². The van der Waals surface area contributed by atoms with Gasteiger partial charge in [-0.25, -0.2) is 0 Å². The molecule has 1 saturated carbocycles. The molecular formula is C30H36F3N3O4. The Kier molecular flexibility index (Phi) is 8.10. The van der Waals surface area contributed by atoms with Gasteiger partial charge in [-0.1, -0.05) is 36.8 Å². The summed E-state index contributed by atoms with van der Waals surface area (Å²) >= 11 is 0. The minimum atomic E-state index is -4.13. The predicted octanol–water partition coefficient (Wildman–Crippen LogP) is 4.24. The van der Waals surface area contributed by atoms with Gasteiger partial charge in [0, 0.05) is 25.1 Å². The minimum absolute atomic E-state index is 0.0513. The lowest BCUT2D eigenvalue weighted by Gasteiger charge is -2.47. The second-order valence-corrected chi connectivity index (χ2v) is 11.5. The Morgan fingerprint density at radius 1 is 1.05 bits per heavy atom. The molecule has 2 atom stereocenters. The maximum atomic E-state index is 13.5. The molecule has 3 N–H and O–H groups in total. The first kappa shape index (κ1) is 28.4. The van der Waals surface area contributed by atoms with Gasteiger partial charge in [0.15, 0.2) is 0 Å². The first-order chi connectivity index (χ1) is 19.1. The van der Waals surface area contributed by atoms with Crippen LogP contribution in [0.2, 0.25) is 0 Å². The number of halogens is 3. The fourth-order valence-electron chi connectivity index (χ4n) is 6.20. The fourth-order valence-corrected chi connectivity index (χ4v) is 6.20. The summed E-state index contributed by atoms with van der Waals surface area (Å²) in [5, 5.41) is 10.0. The summed E-state index contributed by atoms with van der Waals surface area (Å²) in [6.45, 7) is 1.96. The predicted molar refractivity (Wildman–Crippen MR) is 144 cm³/mol. The summed E-state index contributed by atoms with van der Waals surface area (Å²) in [4.78, 5) is 28.5. The molecule has 0 radical (unpaired) electrons. The van der Waals surface area contributed by atoms with Crippen LogP contribution >= 0.6 is 0 Å². The monoisotopic (exact) mass is 559 g/mol. The Balaban J connectivity index is 1.16. The van der Waals surface area contributed by atoms with E-state index in [0.29, 0.717) is 43.0 Å². The van der Waals surface area contributed by atoms with Gasteiger partial charge in [0.05, 0.1) is 18.1 Å². The van der Waals surface area contributed by atoms with E-state index in [1.165, 1.54) is 4.90 Å². The van der Waals surface area contributed by atoms with Crippen molar-refractivity contribution in [1.29, 1.82) is 0 Å². The van der Waals surface area contributed by atoms with Crippen LogP contribution in [0.3, 0.4) is 0 Å². The smallest absolute Gasteiger partial charge is 0.395 e. The number of hydrogen-bond donors (Lipinski definition) is 2. The molecule has 216 valence electrons. The van der Waals surface area contributed by atoms with Crippen LogP contribution in [0.5, 0.6) is 5.75 Å². The van der Waals surface area contributed by atoms with Crippen LogP contribution in [0.25, 0.3) is 11.1 Å². The molecule has 3 aliphatic rings. The maximum Gasteiger partial charge on any atom is 0.395 e. The molecule has 2 aliphatic heterocycles. The summed E-state index contributed by atoms with van der Waals surface area (Å²) in [6.07, 6.45) is -2.05. The van der Waals surface area contributed by atoms with E-state index in [4.69, 9.17) is 10.5 Å². The second-order valence-electron chi connectivity index (χ2n) is 11.5. The molecule has 1 aliphatic carbocycles. The number of carbonyl (C=O) groups is 2. The number of amides is 2. The molecule has 0 spiro atoms. The lowest BCUT2D eigenvalue weighted by Crippen LogP contribution is -2.53. The molecule has 7 nitrogen and oxygen atoms in total. The van der Waals surface area contributed by atoms with Gasteiger partial charge in [-0.15, -0.1) is 0 Å². The van der Waals surface area contributed by atoms with Gasteiger partial charge in [-0.2, -0.15) is 13.2 Å². The van der Waals surface area contributed by atoms with E-state index in [0.717, 1.165) is 18.4 Å². The SMILES string of the molecule is NC(=O)[C@@H]1C[C@@H](O)CN1C(=O)c1ccccc1-c1ccc(OCC2CCN(CC3(C(F)(F)F)CCC3)CC2)cc1. The zero-order chi connectivity index (χ0) is 28.5. The molecule has 2 amide bonds. The molecule has 2 heterocycles. The van der Waals surface area contributed by atoms with Crippen LogP contribution < -0.4 is 10.5 Å². The first-order valence-electron chi connectivity index (χ1n) is 14.0. The van der Waals surface area contributed by atoms with E-state index in [2.05, 4.69) is 0 Å². The zero-order valence-electron chi connectivity index (χ0n) is 22.4. The molecule has 0 unspecified atom stereocenters. The minimum Gasteiger partial charge on any atom is -0.493 e. The van der Waals surface area contributed by atoms with Crippen LogP contribution in [0, 0.1) is 11.3 Å². The molecule has 5 rings (SSSR count). The van der Waals surface area contributed by atoms with Crippen LogP contribution in [-0.4, -0.2) is 77.8 Å². The highest BCUT2D eigenvalue weighted by Crippen LogP contribution is 2.53. The number of carbonyl (C=O) groups excluding carboxylic acids is 2. The Hall–Kier alpha value is -3.11. The average molecular weight is 560 g/mol. The lowest BCUT2D eigenvalue weighted by atomic mass is 9.67. The van der Waals surface area contributed by atoms with Crippen molar-refractivity contribution in [3.05, 3.63) is 54.1 Å². The van der Waals surface area contributed by atoms with Crippen LogP contribution in [0.4, 0.5) is 13.2 Å². The van der Waals surface area contributed by atoms with E-state index >= 15 is 0 Å². The van der Waals surface area contributed by atoms with Crippen LogP contribution in [0.1, 0.15) is 48.9 Å². The van der Waals surface area contributed by atoms with Gasteiger partial charge >= 0.3 is 6.18 Å². The first-order valence-corrected chi connectivity index (χ1v) is 14.0. The average Bonchev–Trinajstić information content (AvgIpc) is 3.31. The molecule has 0 aromatic heterocycles. The number of aliphatic hydroxyl groups excluding tert-OH is 1. The summed E-state index contributed by atoms with van der Waals surface area (Å²) < 4.78 is 46.6. The zero-order valence-corrected chi connectivity index (χ0v) is 22.4. The third kappa shape index (κ3) is 5.83. The van der Waals surface area contributed by atoms with Gasteiger partial charge in [0.1, 0.15) is 11.8 Å². The van der Waals surface area contributed by atoms with Gasteiger partial charge < -0.3 is 25.4 Å². The van der Waals surface area contributed by atoms with Crippen molar-refractivity contribution in [2.75, 3.05) is 32.8 Å². The lowest BCUT2D eigenvalue weighted by molar-refractivity contribution is -0.256. The van der Waals surface area contributed by atoms with E-state index < -0.39 is 29.6 Å². The largest absolute Gasteiger partial charge is 0.493 e. The molecule has 2 aromatic rings. The van der Waals surface area contributed by atoms with Crippen molar-refractivity contribution in [1.82, 2.24) is 9.80 Å². The fraction of sp³-hybridized carbons (Fsp3) is 0.533. The van der Waals surface area contributed by atoms with Crippen molar-refractivity contribution >= 4 is 11.8 Å². The van der Waals surface area contributed by atoms with Crippen molar-refractivity contribution in [2.24, 2.45) is 17.1 Å². The molecule has 0 bridgehead atoms. The highest BCUT2D eigenvalue weighted by Gasteiger charge is 2.58. The molecule has 3 fully saturated rings. The number of benzene rings is 2. The van der Waals surface area contributed by atoms with Crippen molar-refractivity contribution < 1.29 is 32.6 Å². The van der Waals surface area contributed by atoms with Gasteiger partial charge in [0.25, 0.3) is 5.91 Å². The molecule has 10 heteroatoms. The third-order valence-electron chi connectivity index (χ3n) is 8.82. The standard InChI is InChI=1S/C30H36F3N3O4/c31-30(32,33)29(12-3-13-29)19-35-14-10-20(11-15-35)18-40-23-8-6-21(7-9-23)24-4-1-2-5-25(24)28(39)36-17-22(37)16-26(36)27(34)38/h1-2,4-9,20,22,26,37H,3,10-19H2,(H2,34,38)/t22-,26+/m1/s1. The number of aliphatic hydroxyl groups is 1. The van der Waals surface area contributed by atoms with E-state index in [9.17, 15) is 27.9 Å². The van der Waals surface area contributed by atoms with Gasteiger partial charge in [-0.05, 0) is 74.0 Å². The number of alkyl halides is 3. The Bertz CT molecular complexity index is 1210. The van der Waals surface area contributed by atoms with Crippen molar-refractivity contribution in [3.8, 4) is 16.9 Å². The van der Waals surface area contributed by atoms with Crippen LogP contribution in [0.15, 0.2) is 48.5 Å². The third-order valence-corrected chi connectivity index (χ3v) is 8.82. The molecule has 2 aromatic carbocycles. The van der Waals surface area contributed by atoms with Gasteiger partial charge in [0.2, 0.25) is 5.91 Å². The Labute approximate surface area is 232 Å². The number of β-amino-alcohol motifs (C(OH)–C–C–N with tert-alkyl or cyclic N) is 1. The number of ether oxygens (including phenoxy) is 1. The summed E-state index contributed by atoms with van der Waals surface area (Å²) in [6, 6.07) is 13.7.